The van der Waals surface area contributed by atoms with Gasteiger partial charge in [-0.2, -0.15) is 0 Å². The SMILES string of the molecule is O=C(CCc1ccc(F)c(F)c1)NC1(c2cccc(N3CCN(c4ccccn4)CC3)c2)CC1. The Labute approximate surface area is 198 Å². The zero-order chi connectivity index (χ0) is 23.5. The van der Waals surface area contributed by atoms with Gasteiger partial charge in [0.25, 0.3) is 0 Å². The van der Waals surface area contributed by atoms with Crippen LogP contribution in [0.5, 0.6) is 0 Å². The van der Waals surface area contributed by atoms with E-state index in [2.05, 4.69) is 44.4 Å². The number of piperazine rings is 1. The molecule has 1 N–H and O–H groups in total. The van der Waals surface area contributed by atoms with Crippen LogP contribution in [0.2, 0.25) is 0 Å². The standard InChI is InChI=1S/C27H28F2N4O/c28-23-9-7-20(18-24(23)29)8-10-26(34)31-27(11-12-27)21-4-3-5-22(19-21)32-14-16-33(17-15-32)25-6-1-2-13-30-25/h1-7,9,13,18-19H,8,10-12,14-17H2,(H,31,34). The van der Waals surface area contributed by atoms with Crippen LogP contribution in [-0.4, -0.2) is 37.1 Å². The highest BCUT2D eigenvalue weighted by molar-refractivity contribution is 5.78. The Morgan fingerprint density at radius 3 is 2.41 bits per heavy atom. The average molecular weight is 463 g/mol. The molecule has 0 spiro atoms. The Morgan fingerprint density at radius 2 is 1.71 bits per heavy atom. The van der Waals surface area contributed by atoms with Crippen LogP contribution < -0.4 is 15.1 Å². The van der Waals surface area contributed by atoms with Gasteiger partial charge in [0.1, 0.15) is 5.82 Å². The highest BCUT2D eigenvalue weighted by Gasteiger charge is 2.45. The molecule has 0 radical (unpaired) electrons. The molecule has 1 saturated heterocycles. The number of carbonyl (C=O) groups is 1. The Bertz CT molecular complexity index is 1160. The minimum atomic E-state index is -0.880. The van der Waals surface area contributed by atoms with Crippen LogP contribution in [0.3, 0.4) is 0 Å². The van der Waals surface area contributed by atoms with Crippen LogP contribution in [0.1, 0.15) is 30.4 Å². The Morgan fingerprint density at radius 1 is 0.912 bits per heavy atom. The Balaban J connectivity index is 1.19. The van der Waals surface area contributed by atoms with Gasteiger partial charge in [-0.1, -0.05) is 24.3 Å². The van der Waals surface area contributed by atoms with E-state index in [0.29, 0.717) is 12.0 Å². The molecule has 34 heavy (non-hydrogen) atoms. The first-order valence-corrected chi connectivity index (χ1v) is 11.8. The number of aryl methyl sites for hydroxylation is 1. The molecule has 2 fully saturated rings. The van der Waals surface area contributed by atoms with Crippen molar-refractivity contribution in [1.82, 2.24) is 10.3 Å². The van der Waals surface area contributed by atoms with Crippen molar-refractivity contribution in [2.45, 2.75) is 31.2 Å². The third kappa shape index (κ3) is 4.88. The van der Waals surface area contributed by atoms with E-state index in [4.69, 9.17) is 0 Å². The highest BCUT2D eigenvalue weighted by Crippen LogP contribution is 2.46. The van der Waals surface area contributed by atoms with Crippen LogP contribution in [0.25, 0.3) is 0 Å². The lowest BCUT2D eigenvalue weighted by Crippen LogP contribution is -2.47. The Hall–Kier alpha value is -3.48. The van der Waals surface area contributed by atoms with Gasteiger partial charge in [0.05, 0.1) is 5.54 Å². The van der Waals surface area contributed by atoms with Crippen molar-refractivity contribution < 1.29 is 13.6 Å². The summed E-state index contributed by atoms with van der Waals surface area (Å²) in [6.45, 7) is 3.64. The molecule has 1 aliphatic heterocycles. The molecule has 3 aromatic rings. The van der Waals surface area contributed by atoms with Crippen LogP contribution >= 0.6 is 0 Å². The molecule has 0 unspecified atom stereocenters. The predicted molar refractivity (Wildman–Crippen MR) is 129 cm³/mol. The molecule has 5 nitrogen and oxygen atoms in total. The second kappa shape index (κ2) is 9.41. The fourth-order valence-electron chi connectivity index (χ4n) is 4.63. The summed E-state index contributed by atoms with van der Waals surface area (Å²) in [6, 6.07) is 18.2. The fraction of sp³-hybridized carbons (Fsp3) is 0.333. The highest BCUT2D eigenvalue weighted by atomic mass is 19.2. The van der Waals surface area contributed by atoms with E-state index in [-0.39, 0.29) is 17.9 Å². The number of hydrogen-bond donors (Lipinski definition) is 1. The lowest BCUT2D eigenvalue weighted by atomic mass is 10.0. The van der Waals surface area contributed by atoms with Gasteiger partial charge >= 0.3 is 0 Å². The molecule has 1 aromatic heterocycles. The lowest BCUT2D eigenvalue weighted by molar-refractivity contribution is -0.122. The molecular weight excluding hydrogens is 434 g/mol. The van der Waals surface area contributed by atoms with E-state index in [1.807, 2.05) is 24.4 Å². The maximum absolute atomic E-state index is 13.4. The van der Waals surface area contributed by atoms with Gasteiger partial charge in [-0.25, -0.2) is 13.8 Å². The van der Waals surface area contributed by atoms with E-state index >= 15 is 0 Å². The number of pyridine rings is 1. The number of hydrogen-bond acceptors (Lipinski definition) is 4. The van der Waals surface area contributed by atoms with Crippen molar-refractivity contribution in [2.24, 2.45) is 0 Å². The van der Waals surface area contributed by atoms with E-state index in [1.54, 1.807) is 0 Å². The van der Waals surface area contributed by atoms with Crippen LogP contribution in [0, 0.1) is 11.6 Å². The third-order valence-corrected chi connectivity index (χ3v) is 6.77. The molecule has 0 bridgehead atoms. The maximum atomic E-state index is 13.4. The fourth-order valence-corrected chi connectivity index (χ4v) is 4.63. The van der Waals surface area contributed by atoms with Gasteiger partial charge in [-0.15, -0.1) is 0 Å². The number of aromatic nitrogens is 1. The van der Waals surface area contributed by atoms with Crippen LogP contribution in [0.15, 0.2) is 66.9 Å². The van der Waals surface area contributed by atoms with E-state index in [9.17, 15) is 13.6 Å². The van der Waals surface area contributed by atoms with Crippen molar-refractivity contribution in [3.05, 3.63) is 89.6 Å². The second-order valence-corrected chi connectivity index (χ2v) is 9.09. The quantitative estimate of drug-likeness (QED) is 0.565. The molecule has 1 amide bonds. The van der Waals surface area contributed by atoms with Crippen LogP contribution in [0.4, 0.5) is 20.3 Å². The molecule has 176 valence electrons. The molecule has 5 rings (SSSR count). The number of nitrogens with zero attached hydrogens (tertiary/aromatic N) is 3. The van der Waals surface area contributed by atoms with Gasteiger partial charge in [0, 0.05) is 44.5 Å². The van der Waals surface area contributed by atoms with Gasteiger partial charge < -0.3 is 15.1 Å². The van der Waals surface area contributed by atoms with Gasteiger partial charge in [0.2, 0.25) is 5.91 Å². The molecule has 1 saturated carbocycles. The number of nitrogens with one attached hydrogen (secondary N) is 1. The normalized spacial score (nSPS) is 16.9. The molecule has 2 aromatic carbocycles. The second-order valence-electron chi connectivity index (χ2n) is 9.09. The molecule has 2 aliphatic rings. The maximum Gasteiger partial charge on any atom is 0.221 e. The van der Waals surface area contributed by atoms with E-state index < -0.39 is 11.6 Å². The number of anilines is 2. The summed E-state index contributed by atoms with van der Waals surface area (Å²) < 4.78 is 26.5. The number of rotatable bonds is 7. The summed E-state index contributed by atoms with van der Waals surface area (Å²) in [4.78, 5) is 21.8. The predicted octanol–water partition coefficient (Wildman–Crippen LogP) is 4.42. The first-order chi connectivity index (χ1) is 16.5. The largest absolute Gasteiger partial charge is 0.368 e. The number of amides is 1. The van der Waals surface area contributed by atoms with Gasteiger partial charge in [-0.3, -0.25) is 4.79 Å². The summed E-state index contributed by atoms with van der Waals surface area (Å²) in [5.74, 6) is -0.812. The molecular formula is C27H28F2N4O. The number of carbonyl (C=O) groups excluding carboxylic acids is 1. The summed E-state index contributed by atoms with van der Waals surface area (Å²) in [5.41, 5.74) is 2.58. The molecule has 7 heteroatoms. The average Bonchev–Trinajstić information content (AvgIpc) is 3.66. The topological polar surface area (TPSA) is 48.5 Å². The molecule has 0 atom stereocenters. The summed E-state index contributed by atoms with van der Waals surface area (Å²) >= 11 is 0. The minimum absolute atomic E-state index is 0.0726. The van der Waals surface area contributed by atoms with Gasteiger partial charge in [0.15, 0.2) is 11.6 Å². The lowest BCUT2D eigenvalue weighted by Gasteiger charge is -2.37. The van der Waals surface area contributed by atoms with E-state index in [1.165, 1.54) is 11.8 Å². The van der Waals surface area contributed by atoms with Crippen molar-refractivity contribution in [3.63, 3.8) is 0 Å². The van der Waals surface area contributed by atoms with Crippen molar-refractivity contribution in [3.8, 4) is 0 Å². The smallest absolute Gasteiger partial charge is 0.221 e. The monoisotopic (exact) mass is 462 g/mol. The van der Waals surface area contributed by atoms with Gasteiger partial charge in [-0.05, 0) is 66.8 Å². The zero-order valence-corrected chi connectivity index (χ0v) is 19.0. The summed E-state index contributed by atoms with van der Waals surface area (Å²) in [6.07, 6.45) is 4.25. The first-order valence-electron chi connectivity index (χ1n) is 11.8. The van der Waals surface area contributed by atoms with E-state index in [0.717, 1.165) is 62.5 Å². The third-order valence-electron chi connectivity index (χ3n) is 6.77. The summed E-state index contributed by atoms with van der Waals surface area (Å²) in [7, 11) is 0. The molecule has 1 aliphatic carbocycles. The Kier molecular flexibility index (Phi) is 6.18. The number of halogens is 2. The number of benzene rings is 2. The summed E-state index contributed by atoms with van der Waals surface area (Å²) in [5, 5.41) is 3.20. The van der Waals surface area contributed by atoms with Crippen molar-refractivity contribution >= 4 is 17.4 Å². The zero-order valence-electron chi connectivity index (χ0n) is 19.0. The first kappa shape index (κ1) is 22.3. The van der Waals surface area contributed by atoms with Crippen molar-refractivity contribution in [1.29, 1.82) is 0 Å². The molecule has 2 heterocycles. The van der Waals surface area contributed by atoms with Crippen LogP contribution in [-0.2, 0) is 16.8 Å². The minimum Gasteiger partial charge on any atom is -0.368 e. The van der Waals surface area contributed by atoms with Crippen molar-refractivity contribution in [2.75, 3.05) is 36.0 Å².